The zero-order valence-corrected chi connectivity index (χ0v) is 29.5. The van der Waals surface area contributed by atoms with E-state index in [2.05, 4.69) is 205 Å². The van der Waals surface area contributed by atoms with Gasteiger partial charge >= 0.3 is 0 Å². The molecule has 1 aliphatic carbocycles. The van der Waals surface area contributed by atoms with Gasteiger partial charge < -0.3 is 4.40 Å². The molecule has 9 aromatic carbocycles. The summed E-state index contributed by atoms with van der Waals surface area (Å²) >= 11 is 0. The van der Waals surface area contributed by atoms with Crippen molar-refractivity contribution in [1.82, 2.24) is 4.40 Å². The van der Waals surface area contributed by atoms with Gasteiger partial charge in [0.05, 0.1) is 22.0 Å². The van der Waals surface area contributed by atoms with E-state index in [1.54, 1.807) is 0 Å². The molecule has 0 atom stereocenters. The number of nitrogens with zero attached hydrogens (tertiary/aromatic N) is 1. The minimum Gasteiger partial charge on any atom is -0.308 e. The van der Waals surface area contributed by atoms with E-state index in [1.165, 1.54) is 105 Å². The highest BCUT2D eigenvalue weighted by molar-refractivity contribution is 6.24. The number of aromatic nitrogens is 1. The molecule has 1 heteroatoms. The van der Waals surface area contributed by atoms with Gasteiger partial charge in [-0.25, -0.2) is 0 Å². The van der Waals surface area contributed by atoms with E-state index in [0.29, 0.717) is 0 Å². The highest BCUT2D eigenvalue weighted by atomic mass is 14.9. The van der Waals surface area contributed by atoms with Crippen LogP contribution in [0.5, 0.6) is 0 Å². The van der Waals surface area contributed by atoms with Crippen molar-refractivity contribution in [2.24, 2.45) is 0 Å². The molecule has 0 saturated heterocycles. The maximum absolute atomic E-state index is 2.48. The third-order valence-electron chi connectivity index (χ3n) is 12.2. The predicted molar refractivity (Wildman–Crippen MR) is 227 cm³/mol. The molecular formula is C53H33N. The van der Waals surface area contributed by atoms with Gasteiger partial charge in [-0.2, -0.15) is 0 Å². The Kier molecular flexibility index (Phi) is 6.04. The van der Waals surface area contributed by atoms with Gasteiger partial charge in [-0.1, -0.05) is 152 Å². The first-order valence-corrected chi connectivity index (χ1v) is 18.8. The lowest BCUT2D eigenvalue weighted by Gasteiger charge is -2.34. The Balaban J connectivity index is 1.16. The van der Waals surface area contributed by atoms with Crippen LogP contribution in [0.15, 0.2) is 200 Å². The van der Waals surface area contributed by atoms with Gasteiger partial charge in [-0.3, -0.25) is 0 Å². The van der Waals surface area contributed by atoms with Crippen LogP contribution in [0.1, 0.15) is 22.3 Å². The third-order valence-corrected chi connectivity index (χ3v) is 12.2. The molecule has 2 aromatic heterocycles. The van der Waals surface area contributed by atoms with Crippen LogP contribution in [0.4, 0.5) is 0 Å². The second-order valence-corrected chi connectivity index (χ2v) is 14.9. The van der Waals surface area contributed by atoms with E-state index in [4.69, 9.17) is 0 Å². The topological polar surface area (TPSA) is 4.41 Å². The summed E-state index contributed by atoms with van der Waals surface area (Å²) in [6.07, 6.45) is 0. The number of benzene rings is 9. The predicted octanol–water partition coefficient (Wildman–Crippen LogP) is 13.7. The van der Waals surface area contributed by atoms with Crippen LogP contribution in [0.25, 0.3) is 82.2 Å². The Morgan fingerprint density at radius 2 is 0.852 bits per heavy atom. The maximum Gasteiger partial charge on any atom is 0.0713 e. The first kappa shape index (κ1) is 29.6. The van der Waals surface area contributed by atoms with Crippen molar-refractivity contribution in [3.63, 3.8) is 0 Å². The van der Waals surface area contributed by atoms with E-state index in [9.17, 15) is 0 Å². The van der Waals surface area contributed by atoms with Gasteiger partial charge in [-0.05, 0) is 115 Å². The second kappa shape index (κ2) is 11.0. The Labute approximate surface area is 313 Å². The quantitative estimate of drug-likeness (QED) is 0.174. The van der Waals surface area contributed by atoms with Gasteiger partial charge in [-0.15, -0.1) is 0 Å². The standard InChI is InChI=1S/C53H33N/c1-4-14-34(15-5-1)37-25-27-51-45(30-37)47-32-39(31-46-42-22-12-13-23-50(42)54(51)52(46)47)38-24-26-48-43(29-38)44-28-35-16-10-11-17-36(35)33-49(44)53(48,40-18-6-2-7-19-40)41-20-8-3-9-21-41/h1-33H. The fraction of sp³-hybridized carbons (Fsp3) is 0.0189. The summed E-state index contributed by atoms with van der Waals surface area (Å²) < 4.78 is 2.48. The number of fused-ring (bicyclic) bond motifs is 10. The molecule has 1 nitrogen and oxygen atoms in total. The molecule has 11 aromatic rings. The van der Waals surface area contributed by atoms with Crippen molar-refractivity contribution in [3.05, 3.63) is 222 Å². The van der Waals surface area contributed by atoms with Crippen LogP contribution in [-0.4, -0.2) is 4.40 Å². The summed E-state index contributed by atoms with van der Waals surface area (Å²) in [6, 6.07) is 74.6. The van der Waals surface area contributed by atoms with E-state index in [-0.39, 0.29) is 0 Å². The van der Waals surface area contributed by atoms with E-state index >= 15 is 0 Å². The Bertz CT molecular complexity index is 3200. The minimum atomic E-state index is -0.450. The van der Waals surface area contributed by atoms with Crippen molar-refractivity contribution in [3.8, 4) is 33.4 Å². The lowest BCUT2D eigenvalue weighted by molar-refractivity contribution is 0.769. The van der Waals surface area contributed by atoms with E-state index in [1.807, 2.05) is 0 Å². The fourth-order valence-corrected chi connectivity index (χ4v) is 9.83. The van der Waals surface area contributed by atoms with Crippen LogP contribution in [0.2, 0.25) is 0 Å². The molecule has 0 amide bonds. The first-order chi connectivity index (χ1) is 26.8. The normalized spacial score (nSPS) is 13.3. The maximum atomic E-state index is 2.48. The summed E-state index contributed by atoms with van der Waals surface area (Å²) in [7, 11) is 0. The summed E-state index contributed by atoms with van der Waals surface area (Å²) in [6.45, 7) is 0. The minimum absolute atomic E-state index is 0.450. The van der Waals surface area contributed by atoms with Gasteiger partial charge in [0.1, 0.15) is 0 Å². The number of para-hydroxylation sites is 1. The van der Waals surface area contributed by atoms with Gasteiger partial charge in [0.15, 0.2) is 0 Å². The van der Waals surface area contributed by atoms with Crippen LogP contribution in [0, 0.1) is 0 Å². The lowest BCUT2D eigenvalue weighted by atomic mass is 9.67. The zero-order valence-electron chi connectivity index (χ0n) is 29.5. The summed E-state index contributed by atoms with van der Waals surface area (Å²) in [5, 5.41) is 7.69. The monoisotopic (exact) mass is 683 g/mol. The average Bonchev–Trinajstić information content (AvgIpc) is 3.86. The molecule has 0 fully saturated rings. The molecule has 54 heavy (non-hydrogen) atoms. The number of rotatable bonds is 4. The highest BCUT2D eigenvalue weighted by Gasteiger charge is 2.46. The molecule has 0 saturated carbocycles. The summed E-state index contributed by atoms with van der Waals surface area (Å²) in [5.74, 6) is 0. The van der Waals surface area contributed by atoms with Gasteiger partial charge in [0.2, 0.25) is 0 Å². The Morgan fingerprint density at radius 3 is 1.59 bits per heavy atom. The number of hydrogen-bond acceptors (Lipinski definition) is 0. The molecule has 1 aliphatic rings. The highest BCUT2D eigenvalue weighted by Crippen LogP contribution is 2.57. The molecule has 0 aliphatic heterocycles. The number of hydrogen-bond donors (Lipinski definition) is 0. The molecule has 0 bridgehead atoms. The third kappa shape index (κ3) is 3.93. The van der Waals surface area contributed by atoms with Gasteiger partial charge in [0, 0.05) is 21.5 Å². The van der Waals surface area contributed by atoms with Crippen molar-refractivity contribution >= 4 is 48.9 Å². The lowest BCUT2D eigenvalue weighted by Crippen LogP contribution is -2.28. The van der Waals surface area contributed by atoms with Crippen LogP contribution < -0.4 is 0 Å². The molecule has 0 N–H and O–H groups in total. The van der Waals surface area contributed by atoms with Crippen LogP contribution >= 0.6 is 0 Å². The van der Waals surface area contributed by atoms with E-state index < -0.39 is 5.41 Å². The molecule has 0 unspecified atom stereocenters. The Morgan fingerprint density at radius 1 is 0.315 bits per heavy atom. The smallest absolute Gasteiger partial charge is 0.0713 e. The summed E-state index contributed by atoms with van der Waals surface area (Å²) in [4.78, 5) is 0. The van der Waals surface area contributed by atoms with Gasteiger partial charge in [0.25, 0.3) is 0 Å². The SMILES string of the molecule is c1ccc(-c2ccc3c(c2)c2cc(-c4ccc5c(c4)-c4cc6ccccc6cc4C5(c4ccccc4)c4ccccc4)cc4c5ccccc5n3c42)cc1. The summed E-state index contributed by atoms with van der Waals surface area (Å²) in [5.41, 5.74) is 16.1. The molecule has 250 valence electrons. The second-order valence-electron chi connectivity index (χ2n) is 14.9. The zero-order chi connectivity index (χ0) is 35.4. The van der Waals surface area contributed by atoms with E-state index in [0.717, 1.165) is 0 Å². The molecule has 0 spiro atoms. The van der Waals surface area contributed by atoms with Crippen molar-refractivity contribution < 1.29 is 0 Å². The fourth-order valence-electron chi connectivity index (χ4n) is 9.83. The molecule has 12 rings (SSSR count). The van der Waals surface area contributed by atoms with Crippen molar-refractivity contribution in [2.45, 2.75) is 5.41 Å². The first-order valence-electron chi connectivity index (χ1n) is 18.8. The van der Waals surface area contributed by atoms with Crippen molar-refractivity contribution in [1.29, 1.82) is 0 Å². The Hall–Kier alpha value is -6.96. The molecular weight excluding hydrogens is 651 g/mol. The largest absolute Gasteiger partial charge is 0.308 e. The van der Waals surface area contributed by atoms with Crippen LogP contribution in [-0.2, 0) is 5.41 Å². The molecule has 0 radical (unpaired) electrons. The average molecular weight is 684 g/mol. The van der Waals surface area contributed by atoms with Crippen LogP contribution in [0.3, 0.4) is 0 Å². The molecule has 2 heterocycles. The van der Waals surface area contributed by atoms with Crippen molar-refractivity contribution in [2.75, 3.05) is 0 Å².